The number of piperazine rings is 1. The Labute approximate surface area is 180 Å². The molecule has 2 aliphatic rings. The Morgan fingerprint density at radius 1 is 1.11 bits per heavy atom. The van der Waals surface area contributed by atoms with Gasteiger partial charge in [-0.2, -0.15) is 0 Å². The number of hydrogen-bond donors (Lipinski definition) is 2. The van der Waals surface area contributed by atoms with Crippen LogP contribution in [0, 0.1) is 0 Å². The third-order valence-electron chi connectivity index (χ3n) is 4.76. The van der Waals surface area contributed by atoms with Crippen LogP contribution in [0.5, 0.6) is 0 Å². The smallest absolute Gasteiger partial charge is 0.254 e. The largest absolute Gasteiger partial charge is 0.366 e. The molecule has 1 aromatic rings. The van der Waals surface area contributed by atoms with Crippen LogP contribution < -0.4 is 10.6 Å². The first-order valence-corrected chi connectivity index (χ1v) is 8.91. The molecule has 2 N–H and O–H groups in total. The van der Waals surface area contributed by atoms with Gasteiger partial charge in [0.1, 0.15) is 6.10 Å². The van der Waals surface area contributed by atoms with Crippen LogP contribution in [0.2, 0.25) is 0 Å². The average Bonchev–Trinajstić information content (AvgIpc) is 2.65. The molecule has 2 heterocycles. The van der Waals surface area contributed by atoms with E-state index in [1.165, 1.54) is 5.56 Å². The Balaban J connectivity index is 0.00000225. The number of halogens is 3. The van der Waals surface area contributed by atoms with Crippen LogP contribution in [0.4, 0.5) is 5.69 Å². The van der Waals surface area contributed by atoms with Crippen molar-refractivity contribution in [2.24, 2.45) is 0 Å². The lowest BCUT2D eigenvalue weighted by Gasteiger charge is -2.34. The van der Waals surface area contributed by atoms with Crippen LogP contribution in [0.15, 0.2) is 24.3 Å². The highest BCUT2D eigenvalue weighted by Crippen LogP contribution is 2.14. The van der Waals surface area contributed by atoms with Crippen molar-refractivity contribution < 1.29 is 9.53 Å². The van der Waals surface area contributed by atoms with Gasteiger partial charge in [-0.1, -0.05) is 19.1 Å². The first-order valence-electron chi connectivity index (χ1n) is 8.91. The molecule has 2 saturated heterocycles. The minimum absolute atomic E-state index is 0. The number of carbonyl (C=O) groups is 1. The van der Waals surface area contributed by atoms with Crippen LogP contribution in [0.25, 0.3) is 0 Å². The van der Waals surface area contributed by atoms with Crippen molar-refractivity contribution in [1.29, 1.82) is 0 Å². The monoisotopic (exact) mass is 440 g/mol. The Hall–Kier alpha value is -0.600. The molecule has 3 rings (SSSR count). The second-order valence-corrected chi connectivity index (χ2v) is 6.46. The predicted octanol–water partition coefficient (Wildman–Crippen LogP) is 2.02. The van der Waals surface area contributed by atoms with E-state index in [2.05, 4.69) is 39.5 Å². The summed E-state index contributed by atoms with van der Waals surface area (Å²) in [4.78, 5) is 17.1. The van der Waals surface area contributed by atoms with Crippen molar-refractivity contribution in [2.45, 2.75) is 19.6 Å². The molecule has 0 saturated carbocycles. The van der Waals surface area contributed by atoms with Gasteiger partial charge in [-0.05, 0) is 24.2 Å². The van der Waals surface area contributed by atoms with Crippen LogP contribution in [-0.4, -0.2) is 74.2 Å². The molecule has 1 aromatic carbocycles. The first-order chi connectivity index (χ1) is 11.7. The lowest BCUT2D eigenvalue weighted by molar-refractivity contribution is -0.128. The second-order valence-electron chi connectivity index (χ2n) is 6.46. The zero-order valence-corrected chi connectivity index (χ0v) is 18.1. The van der Waals surface area contributed by atoms with Gasteiger partial charge in [0.2, 0.25) is 0 Å². The number of anilines is 1. The molecule has 0 aliphatic carbocycles. The average molecular weight is 442 g/mol. The summed E-state index contributed by atoms with van der Waals surface area (Å²) in [7, 11) is 0. The van der Waals surface area contributed by atoms with Crippen molar-refractivity contribution >= 4 is 48.8 Å². The summed E-state index contributed by atoms with van der Waals surface area (Å²) < 4.78 is 5.47. The molecule has 1 unspecified atom stereocenters. The van der Waals surface area contributed by atoms with Crippen molar-refractivity contribution in [3.63, 3.8) is 0 Å². The van der Waals surface area contributed by atoms with Gasteiger partial charge in [0.05, 0.1) is 6.61 Å². The van der Waals surface area contributed by atoms with E-state index in [0.717, 1.165) is 51.5 Å². The highest BCUT2D eigenvalue weighted by atomic mass is 35.5. The molecule has 2 fully saturated rings. The summed E-state index contributed by atoms with van der Waals surface area (Å²) >= 11 is 0. The van der Waals surface area contributed by atoms with Crippen molar-refractivity contribution in [1.82, 2.24) is 15.1 Å². The third kappa shape index (κ3) is 8.11. The van der Waals surface area contributed by atoms with Crippen LogP contribution >= 0.6 is 37.2 Å². The second kappa shape index (κ2) is 13.6. The molecule has 0 aromatic heterocycles. The van der Waals surface area contributed by atoms with Crippen molar-refractivity contribution in [3.05, 3.63) is 29.8 Å². The minimum atomic E-state index is -0.395. The van der Waals surface area contributed by atoms with E-state index in [1.54, 1.807) is 0 Å². The number of hydrogen-bond acceptors (Lipinski definition) is 5. The van der Waals surface area contributed by atoms with Crippen LogP contribution in [-0.2, 0) is 16.1 Å². The fourth-order valence-electron chi connectivity index (χ4n) is 3.17. The van der Waals surface area contributed by atoms with Gasteiger partial charge in [0.15, 0.2) is 0 Å². The maximum atomic E-state index is 12.1. The topological polar surface area (TPSA) is 56.8 Å². The van der Waals surface area contributed by atoms with Gasteiger partial charge in [-0.25, -0.2) is 0 Å². The van der Waals surface area contributed by atoms with E-state index >= 15 is 0 Å². The molecule has 0 spiro atoms. The molecule has 0 radical (unpaired) electrons. The normalized spacial score (nSPS) is 20.6. The maximum Gasteiger partial charge on any atom is 0.254 e. The maximum absolute atomic E-state index is 12.1. The summed E-state index contributed by atoms with van der Waals surface area (Å²) in [6, 6.07) is 8.15. The number of nitrogens with zero attached hydrogens (tertiary/aromatic N) is 2. The number of likely N-dealkylation sites (N-methyl/N-ethyl adjacent to an activating group) is 1. The van der Waals surface area contributed by atoms with E-state index in [0.29, 0.717) is 13.2 Å². The number of carbonyl (C=O) groups excluding carboxylic acids is 1. The van der Waals surface area contributed by atoms with E-state index in [-0.39, 0.29) is 43.1 Å². The SMILES string of the molecule is CCN1CCN(Cc2ccc(NC(=O)C3CNCCO3)cc2)CC1.Cl.Cl.Cl. The van der Waals surface area contributed by atoms with Crippen LogP contribution in [0.1, 0.15) is 12.5 Å². The van der Waals surface area contributed by atoms with Gasteiger partial charge in [-0.3, -0.25) is 9.69 Å². The number of ether oxygens (including phenoxy) is 1. The predicted molar refractivity (Wildman–Crippen MR) is 117 cm³/mol. The van der Waals surface area contributed by atoms with E-state index in [4.69, 9.17) is 4.74 Å². The fourth-order valence-corrected chi connectivity index (χ4v) is 3.17. The minimum Gasteiger partial charge on any atom is -0.366 e. The quantitative estimate of drug-likeness (QED) is 0.732. The molecule has 1 amide bonds. The molecule has 27 heavy (non-hydrogen) atoms. The molecule has 156 valence electrons. The Morgan fingerprint density at radius 3 is 2.30 bits per heavy atom. The van der Waals surface area contributed by atoms with Gasteiger partial charge in [0.25, 0.3) is 5.91 Å². The number of nitrogens with one attached hydrogen (secondary N) is 2. The highest BCUT2D eigenvalue weighted by molar-refractivity contribution is 5.94. The summed E-state index contributed by atoms with van der Waals surface area (Å²) in [6.07, 6.45) is -0.395. The summed E-state index contributed by atoms with van der Waals surface area (Å²) in [5, 5.41) is 6.10. The number of amides is 1. The lowest BCUT2D eigenvalue weighted by atomic mass is 10.1. The van der Waals surface area contributed by atoms with E-state index < -0.39 is 6.10 Å². The summed E-state index contributed by atoms with van der Waals surface area (Å²) in [5.41, 5.74) is 2.11. The Bertz CT molecular complexity index is 534. The highest BCUT2D eigenvalue weighted by Gasteiger charge is 2.21. The standard InChI is InChI=1S/C18H28N4O2.3ClH/c1-2-21-8-10-22(11-9-21)14-15-3-5-16(6-4-15)20-18(23)17-13-19-7-12-24-17;;;/h3-6,17,19H,2,7-14H2,1H3,(H,20,23);3*1H. The van der Waals surface area contributed by atoms with Crippen molar-refractivity contribution in [2.75, 3.05) is 57.7 Å². The zero-order chi connectivity index (χ0) is 16.8. The fraction of sp³-hybridized carbons (Fsp3) is 0.611. The van der Waals surface area contributed by atoms with E-state index in [1.807, 2.05) is 12.1 Å². The van der Waals surface area contributed by atoms with Gasteiger partial charge < -0.3 is 20.3 Å². The summed E-state index contributed by atoms with van der Waals surface area (Å²) in [5.74, 6) is -0.0781. The van der Waals surface area contributed by atoms with Gasteiger partial charge in [0, 0.05) is 51.5 Å². The van der Waals surface area contributed by atoms with Gasteiger partial charge in [-0.15, -0.1) is 37.2 Å². The Morgan fingerprint density at radius 2 is 1.74 bits per heavy atom. The number of rotatable bonds is 5. The molecular formula is C18H31Cl3N4O2. The number of morpholine rings is 1. The van der Waals surface area contributed by atoms with Crippen molar-refractivity contribution in [3.8, 4) is 0 Å². The third-order valence-corrected chi connectivity index (χ3v) is 4.76. The number of benzene rings is 1. The lowest BCUT2D eigenvalue weighted by Crippen LogP contribution is -2.45. The Kier molecular flexibility index (Phi) is 13.3. The molecular weight excluding hydrogens is 411 g/mol. The van der Waals surface area contributed by atoms with E-state index in [9.17, 15) is 4.79 Å². The van der Waals surface area contributed by atoms with Gasteiger partial charge >= 0.3 is 0 Å². The molecule has 0 bridgehead atoms. The molecule has 6 nitrogen and oxygen atoms in total. The molecule has 9 heteroatoms. The first kappa shape index (κ1) is 26.4. The van der Waals surface area contributed by atoms with Crippen LogP contribution in [0.3, 0.4) is 0 Å². The summed E-state index contributed by atoms with van der Waals surface area (Å²) in [6.45, 7) is 10.9. The molecule has 1 atom stereocenters. The zero-order valence-electron chi connectivity index (χ0n) is 15.7. The molecule has 2 aliphatic heterocycles.